The molecule has 1 aliphatic heterocycles. The summed E-state index contributed by atoms with van der Waals surface area (Å²) in [5.74, 6) is 1.56. The maximum atomic E-state index is 2.55. The van der Waals surface area contributed by atoms with Crippen molar-refractivity contribution >= 4 is 0 Å². The van der Waals surface area contributed by atoms with Gasteiger partial charge < -0.3 is 4.90 Å². The molecule has 1 heterocycles. The van der Waals surface area contributed by atoms with Crippen molar-refractivity contribution in [2.24, 2.45) is 17.3 Å². The van der Waals surface area contributed by atoms with Crippen molar-refractivity contribution < 1.29 is 0 Å². The first kappa shape index (κ1) is 21.5. The van der Waals surface area contributed by atoms with Crippen molar-refractivity contribution in [3.63, 3.8) is 0 Å². The van der Waals surface area contributed by atoms with E-state index in [4.69, 9.17) is 0 Å². The Morgan fingerprint density at radius 1 is 0.769 bits per heavy atom. The van der Waals surface area contributed by atoms with E-state index in [0.717, 1.165) is 18.4 Å². The molecule has 26 heavy (non-hydrogen) atoms. The molecule has 0 saturated heterocycles. The minimum absolute atomic E-state index is 0.527. The Morgan fingerprint density at radius 3 is 2.04 bits per heavy atom. The van der Waals surface area contributed by atoms with Crippen molar-refractivity contribution in [2.45, 2.75) is 92.0 Å². The Kier molecular flexibility index (Phi) is 8.67. The quantitative estimate of drug-likeness (QED) is 0.546. The molecular formula is C25H43N. The Bertz CT molecular complexity index is 509. The van der Waals surface area contributed by atoms with E-state index >= 15 is 0 Å². The molecule has 0 atom stereocenters. The van der Waals surface area contributed by atoms with Crippen LogP contribution < -0.4 is 0 Å². The summed E-state index contributed by atoms with van der Waals surface area (Å²) in [6, 6.07) is 9.12. The number of fused-ring (bicyclic) bond motifs is 1. The summed E-state index contributed by atoms with van der Waals surface area (Å²) in [5, 5.41) is 0. The third-order valence-electron chi connectivity index (χ3n) is 7.13. The second-order valence-corrected chi connectivity index (χ2v) is 9.42. The topological polar surface area (TPSA) is 3.24 Å². The summed E-state index contributed by atoms with van der Waals surface area (Å²) < 4.78 is 0. The average Bonchev–Trinajstić information content (AvgIpc) is 2.60. The van der Waals surface area contributed by atoms with Crippen LogP contribution in [0.5, 0.6) is 0 Å². The molecule has 0 bridgehead atoms. The Morgan fingerprint density at radius 2 is 1.35 bits per heavy atom. The molecular weight excluding hydrogens is 314 g/mol. The highest BCUT2D eigenvalue weighted by atomic mass is 15.1. The minimum Gasteiger partial charge on any atom is -0.302 e. The van der Waals surface area contributed by atoms with E-state index < -0.39 is 0 Å². The summed E-state index contributed by atoms with van der Waals surface area (Å²) in [5.41, 5.74) is 3.65. The molecule has 1 nitrogen and oxygen atoms in total. The van der Waals surface area contributed by atoms with E-state index in [1.807, 2.05) is 0 Å². The number of hydrogen-bond donors (Lipinski definition) is 0. The lowest BCUT2D eigenvalue weighted by Gasteiger charge is -2.42. The molecule has 0 N–H and O–H groups in total. The highest BCUT2D eigenvalue weighted by molar-refractivity contribution is 5.27. The number of aryl methyl sites for hydroxylation is 1. The van der Waals surface area contributed by atoms with Crippen molar-refractivity contribution in [3.05, 3.63) is 35.4 Å². The van der Waals surface area contributed by atoms with Gasteiger partial charge in [-0.15, -0.1) is 0 Å². The molecule has 1 aromatic rings. The van der Waals surface area contributed by atoms with Crippen LogP contribution in [0.25, 0.3) is 0 Å². The molecule has 0 radical (unpaired) electrons. The normalized spacial score (nSPS) is 21.2. The van der Waals surface area contributed by atoms with Gasteiger partial charge in [-0.25, -0.2) is 0 Å². The average molecular weight is 358 g/mol. The van der Waals surface area contributed by atoms with Gasteiger partial charge in [0.15, 0.2) is 0 Å². The molecule has 0 fully saturated rings. The van der Waals surface area contributed by atoms with Crippen molar-refractivity contribution in [1.29, 1.82) is 0 Å². The summed E-state index contributed by atoms with van der Waals surface area (Å²) in [6.45, 7) is 12.2. The van der Waals surface area contributed by atoms with Crippen molar-refractivity contribution in [1.82, 2.24) is 4.90 Å². The first-order valence-electron chi connectivity index (χ1n) is 11.2. The summed E-state index contributed by atoms with van der Waals surface area (Å²) in [7, 11) is 2.31. The Balaban J connectivity index is 2.11. The summed E-state index contributed by atoms with van der Waals surface area (Å²) in [6.07, 6.45) is 12.4. The van der Waals surface area contributed by atoms with E-state index in [9.17, 15) is 0 Å². The van der Waals surface area contributed by atoms with Gasteiger partial charge in [0.05, 0.1) is 0 Å². The largest absolute Gasteiger partial charge is 0.302 e. The van der Waals surface area contributed by atoms with E-state index in [1.54, 1.807) is 11.1 Å². The molecule has 1 aliphatic rings. The molecule has 0 amide bonds. The van der Waals surface area contributed by atoms with Gasteiger partial charge in [0, 0.05) is 6.54 Å². The van der Waals surface area contributed by atoms with Gasteiger partial charge in [-0.2, -0.15) is 0 Å². The zero-order valence-electron chi connectivity index (χ0n) is 18.2. The van der Waals surface area contributed by atoms with Gasteiger partial charge in [0.25, 0.3) is 0 Å². The number of benzene rings is 1. The van der Waals surface area contributed by atoms with Crippen LogP contribution >= 0.6 is 0 Å². The smallest absolute Gasteiger partial charge is 0.0233 e. The second-order valence-electron chi connectivity index (χ2n) is 9.42. The van der Waals surface area contributed by atoms with Gasteiger partial charge in [-0.05, 0) is 74.1 Å². The van der Waals surface area contributed by atoms with E-state index in [2.05, 4.69) is 63.9 Å². The van der Waals surface area contributed by atoms with Crippen LogP contribution in [0.1, 0.15) is 90.2 Å². The van der Waals surface area contributed by atoms with Gasteiger partial charge in [-0.3, -0.25) is 0 Å². The first-order chi connectivity index (χ1) is 12.5. The van der Waals surface area contributed by atoms with Crippen LogP contribution in [0.3, 0.4) is 0 Å². The van der Waals surface area contributed by atoms with Gasteiger partial charge in [0.1, 0.15) is 0 Å². The standard InChI is InChI=1S/C25H43N/c1-21(2)25(22(3)4)17-12-8-6-7-9-14-23-15-10-11-16-24(23)20-26(5)19-13-18-25/h10-11,15-16,21-22H,6-9,12-14,17-20H2,1-5H3. The lowest BCUT2D eigenvalue weighted by atomic mass is 9.63. The molecule has 1 aromatic carbocycles. The van der Waals surface area contributed by atoms with E-state index in [-0.39, 0.29) is 0 Å². The predicted molar refractivity (Wildman–Crippen MR) is 116 cm³/mol. The fraction of sp³-hybridized carbons (Fsp3) is 0.760. The zero-order chi connectivity index (χ0) is 19.0. The SMILES string of the molecule is CC(C)C1(C(C)C)CCCCCCCc2ccccc2CN(C)CCC1. The van der Waals surface area contributed by atoms with Gasteiger partial charge in [-0.1, -0.05) is 77.6 Å². The maximum Gasteiger partial charge on any atom is 0.0233 e. The Hall–Kier alpha value is -0.820. The summed E-state index contributed by atoms with van der Waals surface area (Å²) in [4.78, 5) is 2.55. The third kappa shape index (κ3) is 5.84. The van der Waals surface area contributed by atoms with Crippen LogP contribution in [-0.4, -0.2) is 18.5 Å². The minimum atomic E-state index is 0.527. The predicted octanol–water partition coefficient (Wildman–Crippen LogP) is 7.09. The molecule has 2 rings (SSSR count). The molecule has 0 aromatic heterocycles. The second kappa shape index (κ2) is 10.5. The number of nitrogens with zero attached hydrogens (tertiary/aromatic N) is 1. The monoisotopic (exact) mass is 357 g/mol. The summed E-state index contributed by atoms with van der Waals surface area (Å²) >= 11 is 0. The van der Waals surface area contributed by atoms with Crippen molar-refractivity contribution in [2.75, 3.05) is 13.6 Å². The van der Waals surface area contributed by atoms with Crippen LogP contribution in [-0.2, 0) is 13.0 Å². The molecule has 0 unspecified atom stereocenters. The number of rotatable bonds is 2. The van der Waals surface area contributed by atoms with Crippen LogP contribution in [0, 0.1) is 17.3 Å². The van der Waals surface area contributed by atoms with Crippen LogP contribution in [0.2, 0.25) is 0 Å². The highest BCUT2D eigenvalue weighted by Crippen LogP contribution is 2.45. The first-order valence-corrected chi connectivity index (χ1v) is 11.2. The molecule has 0 saturated carbocycles. The molecule has 0 spiro atoms. The fourth-order valence-corrected chi connectivity index (χ4v) is 5.25. The molecule has 148 valence electrons. The molecule has 1 heteroatoms. The van der Waals surface area contributed by atoms with E-state index in [1.165, 1.54) is 64.3 Å². The third-order valence-corrected chi connectivity index (χ3v) is 7.13. The maximum absolute atomic E-state index is 2.55. The van der Waals surface area contributed by atoms with E-state index in [0.29, 0.717) is 5.41 Å². The van der Waals surface area contributed by atoms with Gasteiger partial charge in [0.2, 0.25) is 0 Å². The van der Waals surface area contributed by atoms with Gasteiger partial charge >= 0.3 is 0 Å². The zero-order valence-corrected chi connectivity index (χ0v) is 18.2. The number of hydrogen-bond acceptors (Lipinski definition) is 1. The lowest BCUT2D eigenvalue weighted by Crippen LogP contribution is -2.34. The fourth-order valence-electron chi connectivity index (χ4n) is 5.25. The lowest BCUT2D eigenvalue weighted by molar-refractivity contribution is 0.0745. The van der Waals surface area contributed by atoms with Crippen molar-refractivity contribution in [3.8, 4) is 0 Å². The van der Waals surface area contributed by atoms with Crippen LogP contribution in [0.15, 0.2) is 24.3 Å². The molecule has 0 aliphatic carbocycles. The Labute approximate surface area is 163 Å². The van der Waals surface area contributed by atoms with Crippen LogP contribution in [0.4, 0.5) is 0 Å². The highest BCUT2D eigenvalue weighted by Gasteiger charge is 2.35.